The van der Waals surface area contributed by atoms with Gasteiger partial charge in [-0.05, 0) is 55.0 Å². The number of nitrogens with two attached hydrogens (primary N) is 1. The van der Waals surface area contributed by atoms with Gasteiger partial charge in [0.05, 0.1) is 21.6 Å². The Morgan fingerprint density at radius 1 is 1.10 bits per heavy atom. The van der Waals surface area contributed by atoms with Crippen LogP contribution in [-0.2, 0) is 28.9 Å². The van der Waals surface area contributed by atoms with Gasteiger partial charge in [-0.3, -0.25) is 4.98 Å². The van der Waals surface area contributed by atoms with Crippen molar-refractivity contribution in [2.24, 2.45) is 5.14 Å². The van der Waals surface area contributed by atoms with Crippen molar-refractivity contribution in [1.29, 1.82) is 0 Å². The molecular weight excluding hydrogens is 432 g/mol. The summed E-state index contributed by atoms with van der Waals surface area (Å²) in [6, 6.07) is 18.5. The molecule has 0 fully saturated rings. The van der Waals surface area contributed by atoms with E-state index in [0.29, 0.717) is 12.1 Å². The zero-order chi connectivity index (χ0) is 21.8. The lowest BCUT2D eigenvalue weighted by Crippen LogP contribution is -2.11. The topological polar surface area (TPSA) is 100 Å². The molecule has 0 aliphatic carbocycles. The molecular formula is C22H22N4O3S2. The Hall–Kier alpha value is -2.88. The highest BCUT2D eigenvalue weighted by Crippen LogP contribution is 2.28. The van der Waals surface area contributed by atoms with Gasteiger partial charge >= 0.3 is 0 Å². The monoisotopic (exact) mass is 454 g/mol. The van der Waals surface area contributed by atoms with E-state index in [2.05, 4.69) is 14.5 Å². The first-order valence-electron chi connectivity index (χ1n) is 9.71. The molecule has 0 atom stereocenters. The largest absolute Gasteiger partial charge is 0.487 e. The summed E-state index contributed by atoms with van der Waals surface area (Å²) >= 11 is 1.60. The van der Waals surface area contributed by atoms with Gasteiger partial charge in [0.2, 0.25) is 10.0 Å². The minimum atomic E-state index is -3.76. The van der Waals surface area contributed by atoms with Crippen molar-refractivity contribution in [3.63, 3.8) is 0 Å². The fraction of sp³-hybridized carbons (Fsp3) is 0.182. The standard InChI is InChI=1S/C22H22N4O3S2/c1-2-26-21-11-10-19(31(23,27)28)13-20(21)25-22(26)30-15-16-6-8-18(9-7-16)29-14-17-5-3-4-12-24-17/h3-13H,2,14-15H2,1H3,(H2,23,27,28). The summed E-state index contributed by atoms with van der Waals surface area (Å²) in [6.07, 6.45) is 1.75. The molecule has 0 aliphatic heterocycles. The lowest BCUT2D eigenvalue weighted by Gasteiger charge is -2.08. The number of hydrogen-bond acceptors (Lipinski definition) is 6. The highest BCUT2D eigenvalue weighted by molar-refractivity contribution is 7.98. The zero-order valence-electron chi connectivity index (χ0n) is 16.9. The van der Waals surface area contributed by atoms with Crippen molar-refractivity contribution in [2.75, 3.05) is 0 Å². The molecule has 0 bridgehead atoms. The van der Waals surface area contributed by atoms with E-state index in [-0.39, 0.29) is 4.90 Å². The van der Waals surface area contributed by atoms with Gasteiger partial charge in [-0.2, -0.15) is 0 Å². The molecule has 0 amide bonds. The number of hydrogen-bond donors (Lipinski definition) is 1. The number of thioether (sulfide) groups is 1. The summed E-state index contributed by atoms with van der Waals surface area (Å²) in [6.45, 7) is 3.19. The van der Waals surface area contributed by atoms with E-state index in [1.54, 1.807) is 24.0 Å². The second kappa shape index (κ2) is 9.09. The molecule has 2 aromatic carbocycles. The molecule has 2 aromatic heterocycles. The zero-order valence-corrected chi connectivity index (χ0v) is 18.6. The minimum absolute atomic E-state index is 0.0681. The summed E-state index contributed by atoms with van der Waals surface area (Å²) in [4.78, 5) is 8.95. The van der Waals surface area contributed by atoms with Crippen LogP contribution in [0.1, 0.15) is 18.2 Å². The Bertz CT molecular complexity index is 1290. The van der Waals surface area contributed by atoms with Crippen LogP contribution in [0.25, 0.3) is 11.0 Å². The lowest BCUT2D eigenvalue weighted by atomic mass is 10.2. The molecule has 0 saturated carbocycles. The molecule has 7 nitrogen and oxygen atoms in total. The Labute approximate surface area is 185 Å². The van der Waals surface area contributed by atoms with Gasteiger partial charge < -0.3 is 9.30 Å². The highest BCUT2D eigenvalue weighted by Gasteiger charge is 2.14. The van der Waals surface area contributed by atoms with Crippen molar-refractivity contribution >= 4 is 32.8 Å². The number of aryl methyl sites for hydroxylation is 1. The van der Waals surface area contributed by atoms with E-state index < -0.39 is 10.0 Å². The van der Waals surface area contributed by atoms with Crippen LogP contribution >= 0.6 is 11.8 Å². The third-order valence-electron chi connectivity index (χ3n) is 4.73. The van der Waals surface area contributed by atoms with Crippen LogP contribution in [0.5, 0.6) is 5.75 Å². The van der Waals surface area contributed by atoms with Gasteiger partial charge in [0, 0.05) is 18.5 Å². The number of nitrogens with zero attached hydrogens (tertiary/aromatic N) is 3. The Morgan fingerprint density at radius 2 is 1.90 bits per heavy atom. The molecule has 160 valence electrons. The van der Waals surface area contributed by atoms with Gasteiger partial charge in [0.1, 0.15) is 12.4 Å². The molecule has 2 heterocycles. The van der Waals surface area contributed by atoms with Gasteiger partial charge in [-0.25, -0.2) is 18.5 Å². The van der Waals surface area contributed by atoms with Gasteiger partial charge in [0.15, 0.2) is 5.16 Å². The van der Waals surface area contributed by atoms with Crippen molar-refractivity contribution in [3.05, 3.63) is 78.1 Å². The van der Waals surface area contributed by atoms with Crippen LogP contribution in [0.15, 0.2) is 76.9 Å². The Morgan fingerprint density at radius 3 is 2.58 bits per heavy atom. The second-order valence-corrected chi connectivity index (χ2v) is 9.38. The fourth-order valence-electron chi connectivity index (χ4n) is 3.15. The number of imidazole rings is 1. The Balaban J connectivity index is 1.44. The number of sulfonamides is 1. The fourth-order valence-corrected chi connectivity index (χ4v) is 4.72. The van der Waals surface area contributed by atoms with E-state index >= 15 is 0 Å². The molecule has 0 radical (unpaired) electrons. The number of pyridine rings is 1. The van der Waals surface area contributed by atoms with Gasteiger partial charge in [-0.15, -0.1) is 0 Å². The molecule has 4 rings (SSSR count). The maximum absolute atomic E-state index is 11.6. The van der Waals surface area contributed by atoms with Crippen molar-refractivity contribution in [2.45, 2.75) is 35.9 Å². The summed E-state index contributed by atoms with van der Waals surface area (Å²) in [5.74, 6) is 1.52. The number of benzene rings is 2. The predicted octanol–water partition coefficient (Wildman–Crippen LogP) is 3.97. The first kappa shape index (κ1) is 21.4. The van der Waals surface area contributed by atoms with Crippen LogP contribution in [0.4, 0.5) is 0 Å². The first-order valence-corrected chi connectivity index (χ1v) is 12.2. The van der Waals surface area contributed by atoms with Crippen molar-refractivity contribution < 1.29 is 13.2 Å². The second-order valence-electron chi connectivity index (χ2n) is 6.88. The molecule has 0 unspecified atom stereocenters. The summed E-state index contributed by atoms with van der Waals surface area (Å²) in [5.41, 5.74) is 3.52. The summed E-state index contributed by atoms with van der Waals surface area (Å²) < 4.78 is 31.1. The Kier molecular flexibility index (Phi) is 6.26. The summed E-state index contributed by atoms with van der Waals surface area (Å²) in [5, 5.41) is 6.08. The van der Waals surface area contributed by atoms with Crippen LogP contribution in [0, 0.1) is 0 Å². The SMILES string of the molecule is CCn1c(SCc2ccc(OCc3ccccn3)cc2)nc2cc(S(N)(=O)=O)ccc21. The third-order valence-corrected chi connectivity index (χ3v) is 6.69. The smallest absolute Gasteiger partial charge is 0.238 e. The molecule has 4 aromatic rings. The van der Waals surface area contributed by atoms with Crippen LogP contribution in [-0.4, -0.2) is 23.0 Å². The van der Waals surface area contributed by atoms with E-state index in [9.17, 15) is 8.42 Å². The van der Waals surface area contributed by atoms with Gasteiger partial charge in [0.25, 0.3) is 0 Å². The first-order chi connectivity index (χ1) is 14.9. The number of ether oxygens (including phenoxy) is 1. The lowest BCUT2D eigenvalue weighted by molar-refractivity contribution is 0.301. The van der Waals surface area contributed by atoms with Gasteiger partial charge in [-0.1, -0.05) is 30.0 Å². The maximum Gasteiger partial charge on any atom is 0.238 e. The highest BCUT2D eigenvalue weighted by atomic mass is 32.2. The van der Waals surface area contributed by atoms with E-state index in [0.717, 1.165) is 40.0 Å². The average molecular weight is 455 g/mol. The van der Waals surface area contributed by atoms with E-state index in [4.69, 9.17) is 9.88 Å². The molecule has 2 N–H and O–H groups in total. The van der Waals surface area contributed by atoms with E-state index in [1.165, 1.54) is 12.1 Å². The minimum Gasteiger partial charge on any atom is -0.487 e. The molecule has 9 heteroatoms. The molecule has 0 spiro atoms. The van der Waals surface area contributed by atoms with Crippen LogP contribution < -0.4 is 9.88 Å². The normalized spacial score (nSPS) is 11.7. The predicted molar refractivity (Wildman–Crippen MR) is 121 cm³/mol. The molecule has 0 saturated heterocycles. The van der Waals surface area contributed by atoms with Crippen molar-refractivity contribution in [3.8, 4) is 5.75 Å². The van der Waals surface area contributed by atoms with Crippen molar-refractivity contribution in [1.82, 2.24) is 14.5 Å². The summed E-state index contributed by atoms with van der Waals surface area (Å²) in [7, 11) is -3.76. The number of primary sulfonamides is 1. The molecule has 31 heavy (non-hydrogen) atoms. The number of rotatable bonds is 8. The maximum atomic E-state index is 11.6. The number of aromatic nitrogens is 3. The van der Waals surface area contributed by atoms with Crippen LogP contribution in [0.2, 0.25) is 0 Å². The number of fused-ring (bicyclic) bond motifs is 1. The quantitative estimate of drug-likeness (QED) is 0.404. The third kappa shape index (κ3) is 5.07. The van der Waals surface area contributed by atoms with E-state index in [1.807, 2.05) is 49.4 Å². The molecule has 0 aliphatic rings. The van der Waals surface area contributed by atoms with Crippen LogP contribution in [0.3, 0.4) is 0 Å². The average Bonchev–Trinajstić information content (AvgIpc) is 3.14.